The number of allylic oxidation sites excluding steroid dienone is 1. The molecule has 28 heavy (non-hydrogen) atoms. The van der Waals surface area contributed by atoms with Crippen LogP contribution >= 0.6 is 11.3 Å². The first kappa shape index (κ1) is 20.1. The fourth-order valence-corrected chi connectivity index (χ4v) is 3.85. The number of hydrogen-bond donors (Lipinski definition) is 1. The standard InChI is InChI=1S/C23H25N2O2S/c1-3-4-7-22-24-15-20(13-17(2)14-21-6-5-12-28-21)25(22)16-18-8-10-19(11-9-18)23(26)27/h5-6,8-13,15H,2-4,7,14,16H2,1H3,(H,26,27)/b17-13+. The minimum atomic E-state index is -0.906. The molecule has 0 fully saturated rings. The highest BCUT2D eigenvalue weighted by Gasteiger charge is 2.10. The predicted octanol–water partition coefficient (Wildman–Crippen LogP) is 5.49. The van der Waals surface area contributed by atoms with Crippen molar-refractivity contribution in [2.75, 3.05) is 0 Å². The lowest BCUT2D eigenvalue weighted by atomic mass is 10.1. The minimum Gasteiger partial charge on any atom is -0.478 e. The van der Waals surface area contributed by atoms with Gasteiger partial charge < -0.3 is 9.67 Å². The summed E-state index contributed by atoms with van der Waals surface area (Å²) >= 11 is 1.74. The number of carboxylic acids is 1. The van der Waals surface area contributed by atoms with Gasteiger partial charge in [-0.2, -0.15) is 0 Å². The monoisotopic (exact) mass is 393 g/mol. The number of benzene rings is 1. The molecule has 0 aliphatic rings. The van der Waals surface area contributed by atoms with Crippen molar-refractivity contribution in [1.29, 1.82) is 0 Å². The third-order valence-corrected chi connectivity index (χ3v) is 5.47. The molecule has 145 valence electrons. The average molecular weight is 394 g/mol. The molecule has 0 saturated heterocycles. The highest BCUT2D eigenvalue weighted by atomic mass is 32.1. The molecule has 1 aromatic carbocycles. The van der Waals surface area contributed by atoms with Crippen molar-refractivity contribution in [3.8, 4) is 0 Å². The van der Waals surface area contributed by atoms with Gasteiger partial charge in [-0.1, -0.05) is 37.1 Å². The van der Waals surface area contributed by atoms with E-state index in [-0.39, 0.29) is 0 Å². The number of aryl methyl sites for hydroxylation is 1. The van der Waals surface area contributed by atoms with Crippen LogP contribution in [0.2, 0.25) is 0 Å². The van der Waals surface area contributed by atoms with Crippen molar-refractivity contribution in [2.24, 2.45) is 0 Å². The molecule has 5 heteroatoms. The SMILES string of the molecule is [CH2]/C(=C\c1cnc(CCCC)n1Cc1ccc(C(=O)O)cc1)Cc1cccs1. The predicted molar refractivity (Wildman–Crippen MR) is 115 cm³/mol. The Balaban J connectivity index is 1.86. The molecule has 3 aromatic rings. The summed E-state index contributed by atoms with van der Waals surface area (Å²) in [5.74, 6) is 0.149. The van der Waals surface area contributed by atoms with Crippen molar-refractivity contribution in [3.63, 3.8) is 0 Å². The van der Waals surface area contributed by atoms with Gasteiger partial charge in [-0.15, -0.1) is 11.3 Å². The number of carboxylic acid groups (broad SMARTS) is 1. The zero-order valence-electron chi connectivity index (χ0n) is 16.1. The van der Waals surface area contributed by atoms with Gasteiger partial charge in [-0.25, -0.2) is 9.78 Å². The van der Waals surface area contributed by atoms with Crippen LogP contribution in [-0.4, -0.2) is 20.6 Å². The molecule has 2 aromatic heterocycles. The normalized spacial score (nSPS) is 11.7. The van der Waals surface area contributed by atoms with Gasteiger partial charge >= 0.3 is 5.97 Å². The molecule has 0 saturated carbocycles. The summed E-state index contributed by atoms with van der Waals surface area (Å²) in [7, 11) is 0. The van der Waals surface area contributed by atoms with Crippen LogP contribution in [0.15, 0.2) is 53.5 Å². The first-order valence-electron chi connectivity index (χ1n) is 9.48. The van der Waals surface area contributed by atoms with Crippen molar-refractivity contribution < 1.29 is 9.90 Å². The topological polar surface area (TPSA) is 55.1 Å². The first-order chi connectivity index (χ1) is 13.6. The van der Waals surface area contributed by atoms with Crippen LogP contribution in [0.5, 0.6) is 0 Å². The summed E-state index contributed by atoms with van der Waals surface area (Å²) in [6, 6.07) is 11.2. The van der Waals surface area contributed by atoms with E-state index in [0.717, 1.165) is 48.3 Å². The summed E-state index contributed by atoms with van der Waals surface area (Å²) in [5.41, 5.74) is 3.44. The number of carbonyl (C=O) groups is 1. The van der Waals surface area contributed by atoms with Crippen LogP contribution in [-0.2, 0) is 19.4 Å². The number of aromatic nitrogens is 2. The molecule has 0 spiro atoms. The maximum absolute atomic E-state index is 11.1. The Hall–Kier alpha value is -2.66. The summed E-state index contributed by atoms with van der Waals surface area (Å²) in [5, 5.41) is 11.2. The molecular formula is C23H25N2O2S. The zero-order valence-corrected chi connectivity index (χ0v) is 16.9. The molecular weight excluding hydrogens is 368 g/mol. The molecule has 1 N–H and O–H groups in total. The maximum Gasteiger partial charge on any atom is 0.335 e. The van der Waals surface area contributed by atoms with E-state index in [9.17, 15) is 4.79 Å². The third-order valence-electron chi connectivity index (χ3n) is 4.60. The van der Waals surface area contributed by atoms with E-state index in [4.69, 9.17) is 5.11 Å². The van der Waals surface area contributed by atoms with E-state index in [1.165, 1.54) is 4.88 Å². The Kier molecular flexibility index (Phi) is 6.82. The molecule has 2 heterocycles. The van der Waals surface area contributed by atoms with Crippen LogP contribution in [0.3, 0.4) is 0 Å². The van der Waals surface area contributed by atoms with Gasteiger partial charge in [0.2, 0.25) is 0 Å². The van der Waals surface area contributed by atoms with Gasteiger partial charge in [0.15, 0.2) is 0 Å². The highest BCUT2D eigenvalue weighted by Crippen LogP contribution is 2.19. The molecule has 0 unspecified atom stereocenters. The first-order valence-corrected chi connectivity index (χ1v) is 10.4. The van der Waals surface area contributed by atoms with E-state index in [1.54, 1.807) is 23.5 Å². The Morgan fingerprint density at radius 3 is 2.71 bits per heavy atom. The smallest absolute Gasteiger partial charge is 0.335 e. The fraction of sp³-hybridized carbons (Fsp3) is 0.261. The second kappa shape index (κ2) is 9.51. The summed E-state index contributed by atoms with van der Waals surface area (Å²) in [6.07, 6.45) is 7.98. The van der Waals surface area contributed by atoms with Crippen molar-refractivity contribution in [1.82, 2.24) is 9.55 Å². The minimum absolute atomic E-state index is 0.302. The second-order valence-corrected chi connectivity index (χ2v) is 7.88. The lowest BCUT2D eigenvalue weighted by molar-refractivity contribution is 0.0697. The van der Waals surface area contributed by atoms with Gasteiger partial charge in [0.25, 0.3) is 0 Å². The van der Waals surface area contributed by atoms with Crippen molar-refractivity contribution in [3.05, 3.63) is 88.0 Å². The Morgan fingerprint density at radius 1 is 1.29 bits per heavy atom. The second-order valence-electron chi connectivity index (χ2n) is 6.85. The van der Waals surface area contributed by atoms with Crippen molar-refractivity contribution >= 4 is 23.4 Å². The molecule has 0 atom stereocenters. The number of thiophene rings is 1. The van der Waals surface area contributed by atoms with Gasteiger partial charge in [0.05, 0.1) is 17.5 Å². The quantitative estimate of drug-likeness (QED) is 0.523. The Labute approximate surface area is 170 Å². The molecule has 0 aliphatic heterocycles. The van der Waals surface area contributed by atoms with Gasteiger partial charge in [-0.05, 0) is 48.6 Å². The number of nitrogens with zero attached hydrogens (tertiary/aromatic N) is 2. The summed E-state index contributed by atoms with van der Waals surface area (Å²) in [4.78, 5) is 17.0. The largest absolute Gasteiger partial charge is 0.478 e. The van der Waals surface area contributed by atoms with Crippen LogP contribution < -0.4 is 0 Å². The van der Waals surface area contributed by atoms with E-state index in [1.807, 2.05) is 18.3 Å². The Bertz CT molecular complexity index is 938. The van der Waals surface area contributed by atoms with Crippen LogP contribution in [0.4, 0.5) is 0 Å². The van der Waals surface area contributed by atoms with E-state index >= 15 is 0 Å². The molecule has 3 rings (SSSR count). The number of hydrogen-bond acceptors (Lipinski definition) is 3. The van der Waals surface area contributed by atoms with E-state index < -0.39 is 5.97 Å². The van der Waals surface area contributed by atoms with E-state index in [0.29, 0.717) is 12.1 Å². The van der Waals surface area contributed by atoms with Crippen molar-refractivity contribution in [2.45, 2.75) is 39.2 Å². The lowest BCUT2D eigenvalue weighted by Crippen LogP contribution is -2.08. The summed E-state index contributed by atoms with van der Waals surface area (Å²) in [6.45, 7) is 7.06. The molecule has 0 aliphatic carbocycles. The fourth-order valence-electron chi connectivity index (χ4n) is 3.09. The van der Waals surface area contributed by atoms with E-state index in [2.05, 4.69) is 47.0 Å². The van der Waals surface area contributed by atoms with Crippen LogP contribution in [0.1, 0.15) is 52.1 Å². The van der Waals surface area contributed by atoms with Crippen LogP contribution in [0.25, 0.3) is 6.08 Å². The maximum atomic E-state index is 11.1. The number of unbranched alkanes of at least 4 members (excludes halogenated alkanes) is 1. The molecule has 1 radical (unpaired) electrons. The summed E-state index contributed by atoms with van der Waals surface area (Å²) < 4.78 is 2.21. The molecule has 0 amide bonds. The zero-order chi connectivity index (χ0) is 19.9. The highest BCUT2D eigenvalue weighted by molar-refractivity contribution is 7.09. The van der Waals surface area contributed by atoms with Crippen LogP contribution in [0, 0.1) is 6.92 Å². The lowest BCUT2D eigenvalue weighted by Gasteiger charge is -2.11. The number of aromatic carboxylic acids is 1. The average Bonchev–Trinajstić information content (AvgIpc) is 3.31. The number of imidazole rings is 1. The molecule has 0 bridgehead atoms. The molecule has 4 nitrogen and oxygen atoms in total. The number of rotatable bonds is 9. The van der Waals surface area contributed by atoms with Gasteiger partial charge in [0, 0.05) is 24.3 Å². The third kappa shape index (κ3) is 5.20. The van der Waals surface area contributed by atoms with Gasteiger partial charge in [0.1, 0.15) is 5.82 Å². The Morgan fingerprint density at radius 2 is 2.07 bits per heavy atom. The van der Waals surface area contributed by atoms with Gasteiger partial charge in [-0.3, -0.25) is 0 Å².